The van der Waals surface area contributed by atoms with Gasteiger partial charge in [-0.15, -0.1) is 0 Å². The van der Waals surface area contributed by atoms with Crippen molar-refractivity contribution in [3.05, 3.63) is 119 Å². The van der Waals surface area contributed by atoms with Gasteiger partial charge in [0.2, 0.25) is 0 Å². The maximum atomic E-state index is 7.06. The fourth-order valence-electron chi connectivity index (χ4n) is 7.93. The lowest BCUT2D eigenvalue weighted by molar-refractivity contribution is 0.482. The largest absolute Gasteiger partial charge is 0.458 e. The van der Waals surface area contributed by atoms with E-state index in [1.807, 2.05) is 11.8 Å². The summed E-state index contributed by atoms with van der Waals surface area (Å²) < 4.78 is 8.58. The molecule has 9 rings (SSSR count). The first-order chi connectivity index (χ1) is 23.5. The molecule has 1 aromatic heterocycles. The van der Waals surface area contributed by atoms with Crippen LogP contribution in [0.2, 0.25) is 0 Å². The standard InChI is InChI=1S/C44H42BNOS2/c1-43(2,3)28-18-20-30(21-19-28)46(35-16-11-13-27-12-7-8-14-32(27)35)31-22-23-34-36(26-31)47-37-24-29(44(4,5)6)25-39-40(37)45(34)42-41(48-39)33-15-9-10-17-38(33)49-42/h7-8,11-14,16,18-26H,9-10,15,17H2,1-6H3. The molecule has 0 saturated heterocycles. The van der Waals surface area contributed by atoms with Crippen LogP contribution in [0.15, 0.2) is 107 Å². The minimum atomic E-state index is 0.0196. The zero-order chi connectivity index (χ0) is 33.7. The Bertz CT molecular complexity index is 2270. The van der Waals surface area contributed by atoms with Crippen molar-refractivity contribution in [2.75, 3.05) is 4.90 Å². The van der Waals surface area contributed by atoms with E-state index < -0.39 is 0 Å². The van der Waals surface area contributed by atoms with Crippen LogP contribution >= 0.6 is 23.1 Å². The van der Waals surface area contributed by atoms with Crippen molar-refractivity contribution < 1.29 is 4.74 Å². The van der Waals surface area contributed by atoms with E-state index in [0.717, 1.165) is 28.6 Å². The number of hydrogen-bond donors (Lipinski definition) is 0. The molecule has 0 bridgehead atoms. The Morgan fingerprint density at radius 1 is 0.694 bits per heavy atom. The van der Waals surface area contributed by atoms with Crippen LogP contribution in [-0.2, 0) is 23.7 Å². The molecule has 3 heterocycles. The zero-order valence-electron chi connectivity index (χ0n) is 29.3. The molecule has 6 aromatic rings. The van der Waals surface area contributed by atoms with E-state index in [1.54, 1.807) is 10.4 Å². The van der Waals surface area contributed by atoms with Crippen molar-refractivity contribution in [3.8, 4) is 11.5 Å². The highest BCUT2D eigenvalue weighted by molar-refractivity contribution is 8.00. The summed E-state index contributed by atoms with van der Waals surface area (Å²) in [6.07, 6.45) is 5.02. The van der Waals surface area contributed by atoms with Crippen LogP contribution in [0.3, 0.4) is 0 Å². The maximum Gasteiger partial charge on any atom is 0.266 e. The molecule has 49 heavy (non-hydrogen) atoms. The molecule has 0 unspecified atom stereocenters. The Morgan fingerprint density at radius 2 is 1.43 bits per heavy atom. The molecule has 0 amide bonds. The molecule has 3 aliphatic rings. The Labute approximate surface area is 299 Å². The molecule has 2 nitrogen and oxygen atoms in total. The molecule has 5 heteroatoms. The summed E-state index contributed by atoms with van der Waals surface area (Å²) in [6, 6.07) is 36.2. The van der Waals surface area contributed by atoms with Gasteiger partial charge in [0, 0.05) is 37.5 Å². The molecule has 0 spiro atoms. The third kappa shape index (κ3) is 5.15. The van der Waals surface area contributed by atoms with Crippen molar-refractivity contribution in [1.29, 1.82) is 0 Å². The van der Waals surface area contributed by atoms with Gasteiger partial charge in [-0.25, -0.2) is 0 Å². The molecule has 5 aromatic carbocycles. The third-order valence-electron chi connectivity index (χ3n) is 10.7. The van der Waals surface area contributed by atoms with Crippen LogP contribution < -0.4 is 25.3 Å². The molecule has 0 fully saturated rings. The van der Waals surface area contributed by atoms with Gasteiger partial charge in [0.25, 0.3) is 6.71 Å². The molecule has 0 radical (unpaired) electrons. The second-order valence-electron chi connectivity index (χ2n) is 16.0. The third-order valence-corrected chi connectivity index (χ3v) is 13.4. The second-order valence-corrected chi connectivity index (χ2v) is 18.2. The number of thiophene rings is 1. The Morgan fingerprint density at radius 3 is 2.22 bits per heavy atom. The molecule has 0 atom stereocenters. The van der Waals surface area contributed by atoms with Gasteiger partial charge in [-0.1, -0.05) is 108 Å². The van der Waals surface area contributed by atoms with E-state index in [4.69, 9.17) is 4.74 Å². The first-order valence-electron chi connectivity index (χ1n) is 17.8. The number of ether oxygens (including phenoxy) is 1. The quantitative estimate of drug-likeness (QED) is 0.173. The fraction of sp³-hybridized carbons (Fsp3) is 0.273. The van der Waals surface area contributed by atoms with E-state index >= 15 is 0 Å². The lowest BCUT2D eigenvalue weighted by Crippen LogP contribution is -2.56. The summed E-state index contributed by atoms with van der Waals surface area (Å²) >= 11 is 4.08. The van der Waals surface area contributed by atoms with Crippen LogP contribution in [0.5, 0.6) is 11.5 Å². The highest BCUT2D eigenvalue weighted by Crippen LogP contribution is 2.46. The number of fused-ring (bicyclic) bond motifs is 7. The monoisotopic (exact) mass is 675 g/mol. The van der Waals surface area contributed by atoms with Gasteiger partial charge in [-0.3, -0.25) is 0 Å². The average Bonchev–Trinajstić information content (AvgIpc) is 3.46. The summed E-state index contributed by atoms with van der Waals surface area (Å²) in [5.41, 5.74) is 10.4. The van der Waals surface area contributed by atoms with Crippen molar-refractivity contribution in [2.24, 2.45) is 0 Å². The average molecular weight is 676 g/mol. The highest BCUT2D eigenvalue weighted by Gasteiger charge is 2.43. The number of hydrogen-bond acceptors (Lipinski definition) is 4. The van der Waals surface area contributed by atoms with Crippen LogP contribution in [-0.4, -0.2) is 6.71 Å². The first-order valence-corrected chi connectivity index (χ1v) is 19.4. The number of benzene rings is 5. The lowest BCUT2D eigenvalue weighted by atomic mass is 9.38. The number of aryl methyl sites for hydroxylation is 1. The molecule has 1 aliphatic carbocycles. The topological polar surface area (TPSA) is 12.5 Å². The minimum Gasteiger partial charge on any atom is -0.458 e. The van der Waals surface area contributed by atoms with Crippen LogP contribution in [0, 0.1) is 0 Å². The van der Waals surface area contributed by atoms with Crippen molar-refractivity contribution in [1.82, 2.24) is 0 Å². The minimum absolute atomic E-state index is 0.0196. The maximum absolute atomic E-state index is 7.06. The number of anilines is 3. The van der Waals surface area contributed by atoms with Gasteiger partial charge in [-0.05, 0) is 111 Å². The molecule has 0 saturated carbocycles. The summed E-state index contributed by atoms with van der Waals surface area (Å²) in [4.78, 5) is 6.93. The molecule has 0 N–H and O–H groups in total. The normalized spacial score (nSPS) is 14.9. The van der Waals surface area contributed by atoms with Gasteiger partial charge in [0.05, 0.1) is 5.69 Å². The predicted octanol–water partition coefficient (Wildman–Crippen LogP) is 10.9. The van der Waals surface area contributed by atoms with Crippen molar-refractivity contribution in [2.45, 2.75) is 87.8 Å². The van der Waals surface area contributed by atoms with E-state index in [9.17, 15) is 0 Å². The Hall–Kier alpha value is -3.93. The summed E-state index contributed by atoms with van der Waals surface area (Å²) in [5, 5.41) is 2.46. The van der Waals surface area contributed by atoms with Gasteiger partial charge in [0.1, 0.15) is 11.5 Å². The summed E-state index contributed by atoms with van der Waals surface area (Å²) in [5.74, 6) is 1.99. The van der Waals surface area contributed by atoms with Crippen molar-refractivity contribution >= 4 is 73.3 Å². The number of nitrogens with zero attached hydrogens (tertiary/aromatic N) is 1. The van der Waals surface area contributed by atoms with Gasteiger partial charge in [-0.2, -0.15) is 11.3 Å². The van der Waals surface area contributed by atoms with E-state index in [0.29, 0.717) is 0 Å². The van der Waals surface area contributed by atoms with Crippen molar-refractivity contribution in [3.63, 3.8) is 0 Å². The molecular weight excluding hydrogens is 633 g/mol. The fourth-order valence-corrected chi connectivity index (χ4v) is 11.0. The zero-order valence-corrected chi connectivity index (χ0v) is 30.9. The number of rotatable bonds is 3. The Balaban J connectivity index is 1.24. The van der Waals surface area contributed by atoms with Gasteiger partial charge < -0.3 is 9.64 Å². The summed E-state index contributed by atoms with van der Waals surface area (Å²) in [7, 11) is 0. The van der Waals surface area contributed by atoms with Crippen LogP contribution in [0.1, 0.15) is 76.0 Å². The van der Waals surface area contributed by atoms with E-state index in [1.165, 1.54) is 73.1 Å². The van der Waals surface area contributed by atoms with E-state index in [2.05, 4.69) is 155 Å². The lowest BCUT2D eigenvalue weighted by Gasteiger charge is -2.34. The van der Waals surface area contributed by atoms with Gasteiger partial charge >= 0.3 is 0 Å². The summed E-state index contributed by atoms with van der Waals surface area (Å²) in [6.45, 7) is 14.0. The first kappa shape index (κ1) is 31.1. The smallest absolute Gasteiger partial charge is 0.266 e. The molecule has 244 valence electrons. The second kappa shape index (κ2) is 11.3. The van der Waals surface area contributed by atoms with Crippen LogP contribution in [0.4, 0.5) is 17.1 Å². The predicted molar refractivity (Wildman–Crippen MR) is 212 cm³/mol. The molecular formula is C44H42BNOS2. The van der Waals surface area contributed by atoms with Gasteiger partial charge in [0.15, 0.2) is 0 Å². The van der Waals surface area contributed by atoms with E-state index in [-0.39, 0.29) is 17.5 Å². The van der Waals surface area contributed by atoms with Crippen LogP contribution in [0.25, 0.3) is 10.8 Å². The Kier molecular flexibility index (Phi) is 7.17. The molecule has 2 aliphatic heterocycles. The SMILES string of the molecule is CC(C)(C)c1ccc(N(c2ccc3c(c2)Oc2cc(C(C)(C)C)cc4c2B3c2sc3c(c2S4)CCCC3)c2cccc3ccccc23)cc1. The highest BCUT2D eigenvalue weighted by atomic mass is 32.2.